The van der Waals surface area contributed by atoms with E-state index in [0.717, 1.165) is 23.8 Å². The van der Waals surface area contributed by atoms with Crippen molar-refractivity contribution in [1.29, 1.82) is 0 Å². The van der Waals surface area contributed by atoms with Crippen molar-refractivity contribution in [3.8, 4) is 11.4 Å². The van der Waals surface area contributed by atoms with E-state index < -0.39 is 0 Å². The molecule has 0 saturated carbocycles. The van der Waals surface area contributed by atoms with Crippen molar-refractivity contribution in [2.45, 2.75) is 18.8 Å². The van der Waals surface area contributed by atoms with Crippen LogP contribution in [0.3, 0.4) is 0 Å². The number of hydrogen-bond donors (Lipinski definition) is 0. The molecule has 18 heavy (non-hydrogen) atoms. The van der Waals surface area contributed by atoms with Crippen LogP contribution in [0.1, 0.15) is 11.4 Å². The van der Waals surface area contributed by atoms with E-state index in [1.54, 1.807) is 7.11 Å². The van der Waals surface area contributed by atoms with Crippen molar-refractivity contribution >= 4 is 15.9 Å². The largest absolute Gasteiger partial charge is 0.383 e. The van der Waals surface area contributed by atoms with Gasteiger partial charge in [0, 0.05) is 19.2 Å². The van der Waals surface area contributed by atoms with Crippen molar-refractivity contribution in [3.63, 3.8) is 0 Å². The van der Waals surface area contributed by atoms with Crippen LogP contribution >= 0.6 is 15.9 Å². The normalized spacial score (nSPS) is 10.8. The average molecular weight is 310 g/mol. The van der Waals surface area contributed by atoms with E-state index >= 15 is 0 Å². The van der Waals surface area contributed by atoms with Crippen LogP contribution in [0, 0.1) is 6.92 Å². The predicted octanol–water partition coefficient (Wildman–Crippen LogP) is 2.79. The van der Waals surface area contributed by atoms with E-state index in [1.165, 1.54) is 5.56 Å². The number of aromatic nitrogens is 3. The van der Waals surface area contributed by atoms with Crippen LogP contribution in [-0.4, -0.2) is 28.5 Å². The summed E-state index contributed by atoms with van der Waals surface area (Å²) in [6.45, 7) is 3.48. The zero-order chi connectivity index (χ0) is 13.0. The topological polar surface area (TPSA) is 39.9 Å². The average Bonchev–Trinajstić information content (AvgIpc) is 2.79. The molecule has 0 saturated heterocycles. The number of hydrogen-bond acceptors (Lipinski definition) is 3. The molecule has 0 bridgehead atoms. The van der Waals surface area contributed by atoms with Crippen LogP contribution in [0.4, 0.5) is 0 Å². The fourth-order valence-electron chi connectivity index (χ4n) is 1.85. The minimum atomic E-state index is 0.650. The molecule has 2 rings (SSSR count). The van der Waals surface area contributed by atoms with Gasteiger partial charge >= 0.3 is 0 Å². The summed E-state index contributed by atoms with van der Waals surface area (Å²) in [5.74, 6) is 1.81. The fraction of sp³-hybridized carbons (Fsp3) is 0.385. The summed E-state index contributed by atoms with van der Waals surface area (Å²) in [6.07, 6.45) is 0. The van der Waals surface area contributed by atoms with Crippen molar-refractivity contribution in [2.24, 2.45) is 0 Å². The molecule has 4 nitrogen and oxygen atoms in total. The highest BCUT2D eigenvalue weighted by molar-refractivity contribution is 9.08. The molecule has 5 heteroatoms. The van der Waals surface area contributed by atoms with Crippen molar-refractivity contribution in [1.82, 2.24) is 14.8 Å². The minimum absolute atomic E-state index is 0.650. The van der Waals surface area contributed by atoms with E-state index in [9.17, 15) is 0 Å². The molecule has 0 fully saturated rings. The number of rotatable bonds is 5. The molecular formula is C13H16BrN3O. The van der Waals surface area contributed by atoms with Crippen LogP contribution in [0.25, 0.3) is 11.4 Å². The van der Waals surface area contributed by atoms with Gasteiger partial charge in [0.25, 0.3) is 0 Å². The first-order valence-corrected chi connectivity index (χ1v) is 6.92. The Kier molecular flexibility index (Phi) is 4.49. The number of benzene rings is 1. The molecule has 0 atom stereocenters. The lowest BCUT2D eigenvalue weighted by molar-refractivity contribution is 0.187. The van der Waals surface area contributed by atoms with Crippen molar-refractivity contribution < 1.29 is 4.74 Å². The Bertz CT molecular complexity index is 525. The lowest BCUT2D eigenvalue weighted by Crippen LogP contribution is -2.09. The highest BCUT2D eigenvalue weighted by atomic mass is 79.9. The standard InChI is InChI=1S/C13H16BrN3O/c1-10-4-3-5-11(8-10)13-16-15-12(9-14)17(13)6-7-18-2/h3-5,8H,6-7,9H2,1-2H3. The summed E-state index contributed by atoms with van der Waals surface area (Å²) in [6, 6.07) is 8.28. The van der Waals surface area contributed by atoms with Gasteiger partial charge in [0.15, 0.2) is 5.82 Å². The van der Waals surface area contributed by atoms with Crippen LogP contribution in [0.5, 0.6) is 0 Å². The fourth-order valence-corrected chi connectivity index (χ4v) is 2.26. The Balaban J connectivity index is 2.40. The molecule has 2 aromatic rings. The molecule has 1 aromatic carbocycles. The molecule has 1 heterocycles. The first-order valence-electron chi connectivity index (χ1n) is 5.80. The van der Waals surface area contributed by atoms with Gasteiger partial charge in [-0.2, -0.15) is 0 Å². The number of ether oxygens (including phenoxy) is 1. The maximum Gasteiger partial charge on any atom is 0.164 e. The highest BCUT2D eigenvalue weighted by Gasteiger charge is 2.12. The summed E-state index contributed by atoms with van der Waals surface area (Å²) in [5.41, 5.74) is 2.31. The second-order valence-electron chi connectivity index (χ2n) is 4.09. The van der Waals surface area contributed by atoms with E-state index in [4.69, 9.17) is 4.74 Å². The number of methoxy groups -OCH3 is 1. The third kappa shape index (κ3) is 2.79. The second-order valence-corrected chi connectivity index (χ2v) is 4.65. The molecule has 0 aliphatic rings. The molecule has 0 spiro atoms. The Morgan fingerprint density at radius 1 is 1.33 bits per heavy atom. The van der Waals surface area contributed by atoms with Crippen LogP contribution < -0.4 is 0 Å². The smallest absolute Gasteiger partial charge is 0.164 e. The van der Waals surface area contributed by atoms with Crippen molar-refractivity contribution in [2.75, 3.05) is 13.7 Å². The number of aryl methyl sites for hydroxylation is 1. The van der Waals surface area contributed by atoms with Gasteiger partial charge in [0.05, 0.1) is 11.9 Å². The molecule has 0 aliphatic carbocycles. The SMILES string of the molecule is COCCn1c(CBr)nnc1-c1cccc(C)c1. The molecule has 1 aromatic heterocycles. The Morgan fingerprint density at radius 3 is 2.83 bits per heavy atom. The van der Waals surface area contributed by atoms with E-state index in [0.29, 0.717) is 11.9 Å². The number of nitrogens with zero attached hydrogens (tertiary/aromatic N) is 3. The van der Waals surface area contributed by atoms with E-state index in [1.807, 2.05) is 6.07 Å². The zero-order valence-corrected chi connectivity index (χ0v) is 12.1. The van der Waals surface area contributed by atoms with E-state index in [-0.39, 0.29) is 0 Å². The van der Waals surface area contributed by atoms with Gasteiger partial charge in [-0.05, 0) is 13.0 Å². The molecule has 0 unspecified atom stereocenters. The Morgan fingerprint density at radius 2 is 2.17 bits per heavy atom. The van der Waals surface area contributed by atoms with Gasteiger partial charge in [-0.15, -0.1) is 10.2 Å². The number of alkyl halides is 1. The molecule has 0 amide bonds. The first kappa shape index (κ1) is 13.2. The molecule has 0 radical (unpaired) electrons. The van der Waals surface area contributed by atoms with Crippen LogP contribution in [0.2, 0.25) is 0 Å². The maximum atomic E-state index is 5.14. The summed E-state index contributed by atoms with van der Waals surface area (Å²) in [5, 5.41) is 9.17. The Labute approximate surface area is 115 Å². The van der Waals surface area contributed by atoms with Crippen molar-refractivity contribution in [3.05, 3.63) is 35.7 Å². The molecule has 96 valence electrons. The summed E-state index contributed by atoms with van der Waals surface area (Å²) >= 11 is 3.44. The van der Waals surface area contributed by atoms with Gasteiger partial charge in [0.1, 0.15) is 5.82 Å². The molecule has 0 aliphatic heterocycles. The minimum Gasteiger partial charge on any atom is -0.383 e. The second kappa shape index (κ2) is 6.11. The van der Waals surface area contributed by atoms with Gasteiger partial charge < -0.3 is 9.30 Å². The summed E-state index contributed by atoms with van der Waals surface area (Å²) in [7, 11) is 1.70. The zero-order valence-electron chi connectivity index (χ0n) is 10.6. The maximum absolute atomic E-state index is 5.14. The summed E-state index contributed by atoms with van der Waals surface area (Å²) < 4.78 is 7.23. The quantitative estimate of drug-likeness (QED) is 0.797. The summed E-state index contributed by atoms with van der Waals surface area (Å²) in [4.78, 5) is 0. The number of halogens is 1. The lowest BCUT2D eigenvalue weighted by Gasteiger charge is -2.09. The van der Waals surface area contributed by atoms with Crippen LogP contribution in [0.15, 0.2) is 24.3 Å². The van der Waals surface area contributed by atoms with Gasteiger partial charge in [-0.1, -0.05) is 39.7 Å². The van der Waals surface area contributed by atoms with Crippen LogP contribution in [-0.2, 0) is 16.6 Å². The van der Waals surface area contributed by atoms with Gasteiger partial charge in [-0.3, -0.25) is 0 Å². The highest BCUT2D eigenvalue weighted by Crippen LogP contribution is 2.20. The third-order valence-electron chi connectivity index (χ3n) is 2.74. The lowest BCUT2D eigenvalue weighted by atomic mass is 10.1. The Hall–Kier alpha value is -1.20. The van der Waals surface area contributed by atoms with Gasteiger partial charge in [0.2, 0.25) is 0 Å². The first-order chi connectivity index (χ1) is 8.76. The molecular weight excluding hydrogens is 294 g/mol. The van der Waals surface area contributed by atoms with E-state index in [2.05, 4.69) is 55.8 Å². The van der Waals surface area contributed by atoms with Gasteiger partial charge in [-0.25, -0.2) is 0 Å². The molecule has 0 N–H and O–H groups in total. The third-order valence-corrected chi connectivity index (χ3v) is 3.24. The predicted molar refractivity (Wildman–Crippen MR) is 74.7 cm³/mol. The monoisotopic (exact) mass is 309 g/mol.